The number of hydrogen-bond acceptors (Lipinski definition) is 3. The summed E-state index contributed by atoms with van der Waals surface area (Å²) < 4.78 is 0. The van der Waals surface area contributed by atoms with Gasteiger partial charge in [-0.15, -0.1) is 0 Å². The van der Waals surface area contributed by atoms with E-state index in [4.69, 9.17) is 0 Å². The molecule has 168 valence electrons. The zero-order valence-electron chi connectivity index (χ0n) is 21.2. The second kappa shape index (κ2) is 10.8. The molecule has 1 fully saturated rings. The summed E-state index contributed by atoms with van der Waals surface area (Å²) in [4.78, 5) is 5.34. The lowest BCUT2D eigenvalue weighted by Gasteiger charge is -2.51. The van der Waals surface area contributed by atoms with Gasteiger partial charge in [-0.1, -0.05) is 65.0 Å². The van der Waals surface area contributed by atoms with Crippen LogP contribution in [0.25, 0.3) is 0 Å². The average molecular weight is 404 g/mol. The zero-order chi connectivity index (χ0) is 22.4. The molecule has 0 saturated carbocycles. The van der Waals surface area contributed by atoms with Crippen molar-refractivity contribution < 1.29 is 0 Å². The van der Waals surface area contributed by atoms with Gasteiger partial charge in [0.1, 0.15) is 0 Å². The summed E-state index contributed by atoms with van der Waals surface area (Å²) in [6, 6.07) is 0.906. The molecular formula is C26H49N3. The molecule has 0 aliphatic carbocycles. The van der Waals surface area contributed by atoms with Gasteiger partial charge in [-0.25, -0.2) is 0 Å². The Kier molecular flexibility index (Phi) is 9.69. The Labute approximate surface area is 182 Å². The van der Waals surface area contributed by atoms with E-state index in [-0.39, 0.29) is 11.0 Å². The number of nitrogens with zero attached hydrogens (tertiary/aromatic N) is 2. The third kappa shape index (κ3) is 4.99. The van der Waals surface area contributed by atoms with Crippen molar-refractivity contribution in [2.45, 2.75) is 106 Å². The molecule has 3 nitrogen and oxygen atoms in total. The minimum absolute atomic E-state index is 0.0123. The van der Waals surface area contributed by atoms with Crippen molar-refractivity contribution in [1.82, 2.24) is 15.1 Å². The first-order valence-corrected chi connectivity index (χ1v) is 11.8. The standard InChI is InChI=1S/C26H49N3/c1-12-17-25(9)23(16-5)28(11)24(19-27-26(25,10)18-13-2)29(21(8)20(6)7)22(14-3)15-4/h12-14,17-18,20-21,23-24,27H,15-16,19H2,1-11H3/b17-12?,18-13?,22-14+. The van der Waals surface area contributed by atoms with Crippen LogP contribution in [0.1, 0.15) is 82.1 Å². The SMILES string of the molecule is CC=CC1(C)NCC(N(/C(=C/C)CC)C(C)C(C)C)N(C)C(CC)C1(C)C=CC. The topological polar surface area (TPSA) is 18.5 Å². The highest BCUT2D eigenvalue weighted by Gasteiger charge is 2.51. The van der Waals surface area contributed by atoms with Crippen LogP contribution in [0.4, 0.5) is 0 Å². The van der Waals surface area contributed by atoms with E-state index in [1.165, 1.54) is 5.70 Å². The van der Waals surface area contributed by atoms with Crippen LogP contribution in [0.3, 0.4) is 0 Å². The predicted octanol–water partition coefficient (Wildman–Crippen LogP) is 6.20. The molecule has 1 saturated heterocycles. The first kappa shape index (κ1) is 26.0. The van der Waals surface area contributed by atoms with Gasteiger partial charge in [0, 0.05) is 35.3 Å². The summed E-state index contributed by atoms with van der Waals surface area (Å²) in [5.74, 6) is 0.595. The van der Waals surface area contributed by atoms with Gasteiger partial charge in [-0.05, 0) is 60.4 Å². The van der Waals surface area contributed by atoms with Crippen LogP contribution < -0.4 is 5.32 Å². The molecule has 29 heavy (non-hydrogen) atoms. The molecule has 0 aromatic heterocycles. The Bertz CT molecular complexity index is 591. The fraction of sp³-hybridized carbons (Fsp3) is 0.769. The van der Waals surface area contributed by atoms with E-state index in [0.717, 1.165) is 19.4 Å². The molecule has 0 amide bonds. The van der Waals surface area contributed by atoms with Gasteiger partial charge in [-0.3, -0.25) is 4.90 Å². The third-order valence-electron chi connectivity index (χ3n) is 7.58. The van der Waals surface area contributed by atoms with Crippen molar-refractivity contribution in [3.8, 4) is 0 Å². The van der Waals surface area contributed by atoms with E-state index < -0.39 is 0 Å². The van der Waals surface area contributed by atoms with E-state index in [0.29, 0.717) is 24.2 Å². The largest absolute Gasteiger partial charge is 0.355 e. The van der Waals surface area contributed by atoms with Gasteiger partial charge in [0.2, 0.25) is 0 Å². The quantitative estimate of drug-likeness (QED) is 0.486. The van der Waals surface area contributed by atoms with Crippen molar-refractivity contribution in [2.75, 3.05) is 13.6 Å². The molecule has 1 rings (SSSR count). The maximum Gasteiger partial charge on any atom is 0.0947 e. The molecule has 1 heterocycles. The van der Waals surface area contributed by atoms with Crippen LogP contribution in [0.5, 0.6) is 0 Å². The van der Waals surface area contributed by atoms with Gasteiger partial charge < -0.3 is 10.2 Å². The molecule has 0 aromatic carbocycles. The summed E-state index contributed by atoms with van der Waals surface area (Å²) in [6.45, 7) is 23.9. The molecule has 0 radical (unpaired) electrons. The van der Waals surface area contributed by atoms with E-state index in [1.807, 2.05) is 0 Å². The second-order valence-corrected chi connectivity index (χ2v) is 9.46. The van der Waals surface area contributed by atoms with E-state index in [9.17, 15) is 0 Å². The van der Waals surface area contributed by atoms with Gasteiger partial charge >= 0.3 is 0 Å². The molecule has 0 aromatic rings. The van der Waals surface area contributed by atoms with Gasteiger partial charge in [0.05, 0.1) is 6.17 Å². The molecule has 1 aliphatic heterocycles. The van der Waals surface area contributed by atoms with E-state index in [2.05, 4.69) is 122 Å². The molecular weight excluding hydrogens is 354 g/mol. The highest BCUT2D eigenvalue weighted by Crippen LogP contribution is 2.44. The predicted molar refractivity (Wildman–Crippen MR) is 130 cm³/mol. The first-order valence-electron chi connectivity index (χ1n) is 11.8. The van der Waals surface area contributed by atoms with Crippen molar-refractivity contribution in [3.63, 3.8) is 0 Å². The molecule has 5 atom stereocenters. The Morgan fingerprint density at radius 3 is 2.10 bits per heavy atom. The first-order chi connectivity index (χ1) is 13.6. The normalized spacial score (nSPS) is 33.6. The summed E-state index contributed by atoms with van der Waals surface area (Å²) in [6.07, 6.45) is 14.1. The molecule has 5 unspecified atom stereocenters. The Morgan fingerprint density at radius 1 is 1.10 bits per heavy atom. The second-order valence-electron chi connectivity index (χ2n) is 9.46. The lowest BCUT2D eigenvalue weighted by Crippen LogP contribution is -2.59. The third-order valence-corrected chi connectivity index (χ3v) is 7.58. The summed E-state index contributed by atoms with van der Waals surface area (Å²) in [7, 11) is 2.34. The number of rotatable bonds is 8. The van der Waals surface area contributed by atoms with Crippen LogP contribution >= 0.6 is 0 Å². The molecule has 1 aliphatic rings. The van der Waals surface area contributed by atoms with Gasteiger partial charge in [0.15, 0.2) is 0 Å². The molecule has 0 bridgehead atoms. The monoisotopic (exact) mass is 403 g/mol. The molecule has 1 N–H and O–H groups in total. The molecule has 0 spiro atoms. The smallest absolute Gasteiger partial charge is 0.0947 e. The highest BCUT2D eigenvalue weighted by atomic mass is 15.4. The minimum atomic E-state index is -0.104. The summed E-state index contributed by atoms with van der Waals surface area (Å²) >= 11 is 0. The van der Waals surface area contributed by atoms with Crippen molar-refractivity contribution in [1.29, 1.82) is 0 Å². The maximum absolute atomic E-state index is 4.01. The minimum Gasteiger partial charge on any atom is -0.355 e. The van der Waals surface area contributed by atoms with E-state index >= 15 is 0 Å². The number of allylic oxidation sites excluding steroid dienone is 4. The van der Waals surface area contributed by atoms with Crippen molar-refractivity contribution >= 4 is 0 Å². The number of nitrogens with one attached hydrogen (secondary N) is 1. The lowest BCUT2D eigenvalue weighted by atomic mass is 9.65. The number of hydrogen-bond donors (Lipinski definition) is 1. The Hall–Kier alpha value is -1.06. The van der Waals surface area contributed by atoms with Crippen molar-refractivity contribution in [3.05, 3.63) is 36.1 Å². The lowest BCUT2D eigenvalue weighted by molar-refractivity contribution is 0.000946. The van der Waals surface area contributed by atoms with Crippen LogP contribution in [-0.4, -0.2) is 47.2 Å². The fourth-order valence-electron chi connectivity index (χ4n) is 5.40. The van der Waals surface area contributed by atoms with Gasteiger partial charge in [-0.2, -0.15) is 0 Å². The highest BCUT2D eigenvalue weighted by molar-refractivity contribution is 5.24. The van der Waals surface area contributed by atoms with Gasteiger partial charge in [0.25, 0.3) is 0 Å². The Morgan fingerprint density at radius 2 is 1.69 bits per heavy atom. The van der Waals surface area contributed by atoms with Crippen LogP contribution in [-0.2, 0) is 0 Å². The van der Waals surface area contributed by atoms with E-state index in [1.54, 1.807) is 0 Å². The zero-order valence-corrected chi connectivity index (χ0v) is 21.2. The number of likely N-dealkylation sites (N-methyl/N-ethyl adjacent to an activating group) is 1. The molecule has 3 heteroatoms. The summed E-state index contributed by atoms with van der Waals surface area (Å²) in [5, 5.41) is 4.01. The summed E-state index contributed by atoms with van der Waals surface area (Å²) in [5.41, 5.74) is 1.33. The van der Waals surface area contributed by atoms with Crippen LogP contribution in [0, 0.1) is 11.3 Å². The Balaban J connectivity index is 3.63. The van der Waals surface area contributed by atoms with Crippen molar-refractivity contribution in [2.24, 2.45) is 11.3 Å². The maximum atomic E-state index is 4.01. The average Bonchev–Trinajstić information content (AvgIpc) is 2.74. The van der Waals surface area contributed by atoms with Crippen LogP contribution in [0.15, 0.2) is 36.1 Å². The van der Waals surface area contributed by atoms with Crippen LogP contribution in [0.2, 0.25) is 0 Å². The fourth-order valence-corrected chi connectivity index (χ4v) is 5.40.